The maximum atomic E-state index is 12.1. The summed E-state index contributed by atoms with van der Waals surface area (Å²) in [5.41, 5.74) is -1.03. The van der Waals surface area contributed by atoms with Gasteiger partial charge in [-0.1, -0.05) is 12.5 Å². The molecule has 0 radical (unpaired) electrons. The number of fused-ring (bicyclic) bond motifs is 1. The van der Waals surface area contributed by atoms with Crippen molar-refractivity contribution < 1.29 is 19.1 Å². The first-order chi connectivity index (χ1) is 8.16. The smallest absolute Gasteiger partial charge is 0.324 e. The summed E-state index contributed by atoms with van der Waals surface area (Å²) in [6.45, 7) is 3.93. The highest BCUT2D eigenvalue weighted by molar-refractivity contribution is 6.02. The lowest BCUT2D eigenvalue weighted by Crippen LogP contribution is -2.40. The topological polar surface area (TPSA) is 52.6 Å². The molecule has 4 heteroatoms. The molecule has 1 aliphatic heterocycles. The highest BCUT2D eigenvalue weighted by Gasteiger charge is 2.64. The van der Waals surface area contributed by atoms with E-state index >= 15 is 0 Å². The Bertz CT molecular complexity index is 360. The molecule has 1 saturated carbocycles. The van der Waals surface area contributed by atoms with Crippen molar-refractivity contribution in [3.05, 3.63) is 12.2 Å². The second kappa shape index (κ2) is 4.51. The maximum absolute atomic E-state index is 12.1. The van der Waals surface area contributed by atoms with Crippen molar-refractivity contribution in [2.24, 2.45) is 11.3 Å². The van der Waals surface area contributed by atoms with Gasteiger partial charge >= 0.3 is 11.9 Å². The van der Waals surface area contributed by atoms with Gasteiger partial charge in [0, 0.05) is 5.92 Å². The predicted octanol–water partition coefficient (Wildman–Crippen LogP) is 1.84. The Morgan fingerprint density at radius 3 is 3.06 bits per heavy atom. The second-order valence-corrected chi connectivity index (χ2v) is 4.59. The van der Waals surface area contributed by atoms with E-state index in [9.17, 15) is 9.59 Å². The predicted molar refractivity (Wildman–Crippen MR) is 61.1 cm³/mol. The average Bonchev–Trinajstić information content (AvgIpc) is 2.82. The Balaban J connectivity index is 2.30. The molecule has 2 fully saturated rings. The number of carbonyl (C=O) groups excluding carboxylic acids is 2. The normalized spacial score (nSPS) is 36.0. The zero-order valence-corrected chi connectivity index (χ0v) is 10.3. The van der Waals surface area contributed by atoms with Crippen LogP contribution >= 0.6 is 0 Å². The summed E-state index contributed by atoms with van der Waals surface area (Å²) in [7, 11) is 0. The van der Waals surface area contributed by atoms with Gasteiger partial charge < -0.3 is 9.47 Å². The zero-order valence-electron chi connectivity index (χ0n) is 10.3. The lowest BCUT2D eigenvalue weighted by atomic mass is 9.77. The summed E-state index contributed by atoms with van der Waals surface area (Å²) in [6, 6.07) is 0. The molecule has 0 aromatic carbocycles. The average molecular weight is 238 g/mol. The fourth-order valence-electron chi connectivity index (χ4n) is 3.00. The van der Waals surface area contributed by atoms with Gasteiger partial charge in [0.25, 0.3) is 0 Å². The van der Waals surface area contributed by atoms with Gasteiger partial charge in [-0.3, -0.25) is 9.59 Å². The number of esters is 2. The largest absolute Gasteiger partial charge is 0.465 e. The first-order valence-corrected chi connectivity index (χ1v) is 6.18. The second-order valence-electron chi connectivity index (χ2n) is 4.59. The minimum Gasteiger partial charge on any atom is -0.465 e. The molecule has 0 bridgehead atoms. The molecule has 0 spiro atoms. The van der Waals surface area contributed by atoms with Crippen LogP contribution in [0, 0.1) is 11.3 Å². The Morgan fingerprint density at radius 2 is 2.41 bits per heavy atom. The number of allylic oxidation sites excluding steroid dienone is 1. The van der Waals surface area contributed by atoms with E-state index in [1.807, 2.05) is 19.1 Å². The highest BCUT2D eigenvalue weighted by atomic mass is 16.6. The van der Waals surface area contributed by atoms with Gasteiger partial charge in [0.15, 0.2) is 5.41 Å². The molecule has 1 heterocycles. The standard InChI is InChI=1S/C13H18O4/c1-3-6-10-9-7-5-8-13(9,12(15)17-10)11(14)16-4-2/h3,6,9-10H,4-5,7-8H2,1-2H3/b6-3+/t9-,10-,13-/m1/s1. The molecule has 0 aromatic heterocycles. The van der Waals surface area contributed by atoms with Gasteiger partial charge in [0.05, 0.1) is 6.61 Å². The summed E-state index contributed by atoms with van der Waals surface area (Å²) in [4.78, 5) is 24.1. The number of ether oxygens (including phenoxy) is 2. The van der Waals surface area contributed by atoms with Crippen LogP contribution in [0.25, 0.3) is 0 Å². The van der Waals surface area contributed by atoms with Crippen LogP contribution in [0.3, 0.4) is 0 Å². The third-order valence-corrected chi connectivity index (χ3v) is 3.74. The molecule has 3 atom stereocenters. The Labute approximate surface area is 101 Å². The molecular formula is C13H18O4. The Kier molecular flexibility index (Phi) is 3.22. The number of hydrogen-bond donors (Lipinski definition) is 0. The molecule has 1 saturated heterocycles. The molecule has 1 aliphatic carbocycles. The lowest BCUT2D eigenvalue weighted by Gasteiger charge is -2.22. The van der Waals surface area contributed by atoms with E-state index in [1.54, 1.807) is 6.92 Å². The summed E-state index contributed by atoms with van der Waals surface area (Å²) in [6.07, 6.45) is 5.74. The van der Waals surface area contributed by atoms with Crippen LogP contribution in [0.5, 0.6) is 0 Å². The fraction of sp³-hybridized carbons (Fsp3) is 0.692. The summed E-state index contributed by atoms with van der Waals surface area (Å²) < 4.78 is 10.4. The minimum atomic E-state index is -1.03. The molecule has 94 valence electrons. The van der Waals surface area contributed by atoms with Crippen molar-refractivity contribution >= 4 is 11.9 Å². The van der Waals surface area contributed by atoms with Crippen molar-refractivity contribution in [1.29, 1.82) is 0 Å². The summed E-state index contributed by atoms with van der Waals surface area (Å²) in [5, 5.41) is 0. The highest BCUT2D eigenvalue weighted by Crippen LogP contribution is 2.52. The fourth-order valence-corrected chi connectivity index (χ4v) is 3.00. The van der Waals surface area contributed by atoms with Gasteiger partial charge in [-0.2, -0.15) is 0 Å². The molecule has 0 amide bonds. The lowest BCUT2D eigenvalue weighted by molar-refractivity contribution is -0.165. The first-order valence-electron chi connectivity index (χ1n) is 6.18. The SMILES string of the molecule is C/C=C/[C@H]1OC(=O)[C@]2(C(=O)OCC)CCC[C@H]12. The molecule has 0 N–H and O–H groups in total. The number of carbonyl (C=O) groups is 2. The Morgan fingerprint density at radius 1 is 1.65 bits per heavy atom. The van der Waals surface area contributed by atoms with Gasteiger partial charge in [-0.25, -0.2) is 0 Å². The van der Waals surface area contributed by atoms with Gasteiger partial charge in [0.1, 0.15) is 6.10 Å². The quantitative estimate of drug-likeness (QED) is 0.427. The van der Waals surface area contributed by atoms with E-state index in [4.69, 9.17) is 9.47 Å². The van der Waals surface area contributed by atoms with Crippen LogP contribution in [-0.4, -0.2) is 24.6 Å². The van der Waals surface area contributed by atoms with Gasteiger partial charge in [0.2, 0.25) is 0 Å². The minimum absolute atomic E-state index is 0.0507. The van der Waals surface area contributed by atoms with Crippen LogP contribution in [-0.2, 0) is 19.1 Å². The van der Waals surface area contributed by atoms with Crippen molar-refractivity contribution in [3.63, 3.8) is 0 Å². The van der Waals surface area contributed by atoms with Crippen LogP contribution in [0.2, 0.25) is 0 Å². The van der Waals surface area contributed by atoms with Crippen molar-refractivity contribution in [1.82, 2.24) is 0 Å². The number of cyclic esters (lactones) is 1. The third-order valence-electron chi connectivity index (χ3n) is 3.74. The molecule has 0 aromatic rings. The van der Waals surface area contributed by atoms with Gasteiger partial charge in [-0.05, 0) is 32.8 Å². The van der Waals surface area contributed by atoms with Gasteiger partial charge in [-0.15, -0.1) is 0 Å². The maximum Gasteiger partial charge on any atom is 0.324 e. The molecule has 2 aliphatic rings. The van der Waals surface area contributed by atoms with Crippen LogP contribution < -0.4 is 0 Å². The summed E-state index contributed by atoms with van der Waals surface area (Å²) >= 11 is 0. The Hall–Kier alpha value is -1.32. The van der Waals surface area contributed by atoms with Crippen LogP contribution in [0.4, 0.5) is 0 Å². The number of rotatable bonds is 3. The van der Waals surface area contributed by atoms with Crippen molar-refractivity contribution in [2.45, 2.75) is 39.2 Å². The van der Waals surface area contributed by atoms with Crippen LogP contribution in [0.1, 0.15) is 33.1 Å². The molecule has 4 nitrogen and oxygen atoms in total. The third kappa shape index (κ3) is 1.66. The molecule has 17 heavy (non-hydrogen) atoms. The molecular weight excluding hydrogens is 220 g/mol. The van der Waals surface area contributed by atoms with E-state index in [1.165, 1.54) is 0 Å². The molecule has 0 unspecified atom stereocenters. The van der Waals surface area contributed by atoms with E-state index < -0.39 is 17.4 Å². The number of hydrogen-bond acceptors (Lipinski definition) is 4. The van der Waals surface area contributed by atoms with Crippen molar-refractivity contribution in [2.75, 3.05) is 6.61 Å². The van der Waals surface area contributed by atoms with E-state index in [2.05, 4.69) is 0 Å². The monoisotopic (exact) mass is 238 g/mol. The van der Waals surface area contributed by atoms with E-state index in [-0.39, 0.29) is 12.0 Å². The van der Waals surface area contributed by atoms with E-state index in [0.717, 1.165) is 12.8 Å². The van der Waals surface area contributed by atoms with Crippen molar-refractivity contribution in [3.8, 4) is 0 Å². The van der Waals surface area contributed by atoms with Crippen LogP contribution in [0.15, 0.2) is 12.2 Å². The van der Waals surface area contributed by atoms with E-state index in [0.29, 0.717) is 13.0 Å². The first kappa shape index (κ1) is 12.1. The zero-order chi connectivity index (χ0) is 12.5. The molecule has 2 rings (SSSR count). The summed E-state index contributed by atoms with van der Waals surface area (Å²) in [5.74, 6) is -0.855.